The third-order valence-corrected chi connectivity index (χ3v) is 6.32. The molecule has 0 unspecified atom stereocenters. The van der Waals surface area contributed by atoms with Gasteiger partial charge in [0.15, 0.2) is 0 Å². The maximum atomic E-state index is 12.8. The van der Waals surface area contributed by atoms with Crippen LogP contribution in [0.3, 0.4) is 0 Å². The number of hydrogen-bond acceptors (Lipinski definition) is 4. The van der Waals surface area contributed by atoms with E-state index in [-0.39, 0.29) is 36.9 Å². The van der Waals surface area contributed by atoms with Crippen LogP contribution in [-0.2, 0) is 9.59 Å². The van der Waals surface area contributed by atoms with Gasteiger partial charge in [-0.1, -0.05) is 19.8 Å². The summed E-state index contributed by atoms with van der Waals surface area (Å²) in [4.78, 5) is 38.5. The molecule has 1 heterocycles. The van der Waals surface area contributed by atoms with Crippen molar-refractivity contribution in [3.8, 4) is 0 Å². The molecule has 2 aliphatic carbocycles. The van der Waals surface area contributed by atoms with Crippen LogP contribution in [0.15, 0.2) is 0 Å². The van der Waals surface area contributed by atoms with Crippen LogP contribution in [0, 0.1) is 11.8 Å². The van der Waals surface area contributed by atoms with Crippen molar-refractivity contribution in [3.05, 3.63) is 0 Å². The molecule has 0 aromatic rings. The normalized spacial score (nSPS) is 35.3. The molecule has 7 nitrogen and oxygen atoms in total. The first kappa shape index (κ1) is 18.2. The highest BCUT2D eigenvalue weighted by molar-refractivity contribution is 6.09. The Balaban J connectivity index is 1.58. The molecule has 140 valence electrons. The number of nitrogens with zero attached hydrogens (tertiary/aromatic N) is 1. The summed E-state index contributed by atoms with van der Waals surface area (Å²) in [5.74, 6) is 0.105. The zero-order chi connectivity index (χ0) is 18.0. The molecule has 1 saturated heterocycles. The minimum atomic E-state index is -0.802. The standard InChI is InChI=1S/C18H29N3O4/c1-2-12-6-8-18(9-7-12)16(24)21(17(25)20-18)10-15(23)19-14-5-3-4-13(14)11-22/h12-14,22H,2-11H2,1H3,(H,19,23)(H,20,25)/t12?,13-,14-,18?/m1/s1. The van der Waals surface area contributed by atoms with E-state index in [1.807, 2.05) is 0 Å². The van der Waals surface area contributed by atoms with Crippen LogP contribution in [0.25, 0.3) is 0 Å². The van der Waals surface area contributed by atoms with Gasteiger partial charge in [-0.25, -0.2) is 4.79 Å². The van der Waals surface area contributed by atoms with E-state index in [0.717, 1.165) is 43.4 Å². The van der Waals surface area contributed by atoms with Crippen LogP contribution < -0.4 is 10.6 Å². The number of carbonyl (C=O) groups excluding carboxylic acids is 3. The van der Waals surface area contributed by atoms with Gasteiger partial charge in [0.05, 0.1) is 0 Å². The molecular formula is C18H29N3O4. The van der Waals surface area contributed by atoms with Gasteiger partial charge in [-0.15, -0.1) is 0 Å². The Hall–Kier alpha value is -1.63. The summed E-state index contributed by atoms with van der Waals surface area (Å²) in [5, 5.41) is 15.1. The molecule has 25 heavy (non-hydrogen) atoms. The number of amides is 4. The molecule has 1 aliphatic heterocycles. The van der Waals surface area contributed by atoms with E-state index in [1.54, 1.807) is 0 Å². The fourth-order valence-electron chi connectivity index (χ4n) is 4.58. The van der Waals surface area contributed by atoms with Crippen LogP contribution in [-0.4, -0.2) is 52.6 Å². The first-order chi connectivity index (χ1) is 12.0. The molecule has 1 spiro atoms. The molecule has 0 radical (unpaired) electrons. The number of hydrogen-bond donors (Lipinski definition) is 3. The third-order valence-electron chi connectivity index (χ3n) is 6.32. The number of aliphatic hydroxyl groups is 1. The van der Waals surface area contributed by atoms with Gasteiger partial charge in [0, 0.05) is 18.6 Å². The molecule has 0 bridgehead atoms. The maximum Gasteiger partial charge on any atom is 0.325 e. The average Bonchev–Trinajstić information content (AvgIpc) is 3.14. The summed E-state index contributed by atoms with van der Waals surface area (Å²) in [6, 6.07) is -0.521. The fraction of sp³-hybridized carbons (Fsp3) is 0.833. The highest BCUT2D eigenvalue weighted by atomic mass is 16.3. The van der Waals surface area contributed by atoms with Gasteiger partial charge in [-0.05, 0) is 44.4 Å². The van der Waals surface area contributed by atoms with Crippen molar-refractivity contribution in [2.75, 3.05) is 13.2 Å². The van der Waals surface area contributed by atoms with E-state index < -0.39 is 11.6 Å². The van der Waals surface area contributed by atoms with E-state index in [1.165, 1.54) is 0 Å². The van der Waals surface area contributed by atoms with E-state index in [2.05, 4.69) is 17.6 Å². The Morgan fingerprint density at radius 1 is 1.28 bits per heavy atom. The molecule has 3 fully saturated rings. The largest absolute Gasteiger partial charge is 0.396 e. The topological polar surface area (TPSA) is 98.7 Å². The van der Waals surface area contributed by atoms with Crippen molar-refractivity contribution in [2.45, 2.75) is 69.9 Å². The lowest BCUT2D eigenvalue weighted by atomic mass is 9.75. The predicted octanol–water partition coefficient (Wildman–Crippen LogP) is 1.15. The van der Waals surface area contributed by atoms with Gasteiger partial charge < -0.3 is 15.7 Å². The minimum Gasteiger partial charge on any atom is -0.396 e. The van der Waals surface area contributed by atoms with Crippen molar-refractivity contribution in [2.24, 2.45) is 11.8 Å². The van der Waals surface area contributed by atoms with Gasteiger partial charge in [-0.3, -0.25) is 14.5 Å². The lowest BCUT2D eigenvalue weighted by Gasteiger charge is -2.34. The fourth-order valence-corrected chi connectivity index (χ4v) is 4.58. The zero-order valence-corrected chi connectivity index (χ0v) is 14.9. The highest BCUT2D eigenvalue weighted by Crippen LogP contribution is 2.37. The Morgan fingerprint density at radius 3 is 2.64 bits per heavy atom. The Labute approximate surface area is 148 Å². The van der Waals surface area contributed by atoms with E-state index in [0.29, 0.717) is 18.8 Å². The van der Waals surface area contributed by atoms with Crippen molar-refractivity contribution in [1.29, 1.82) is 0 Å². The molecular weight excluding hydrogens is 322 g/mol. The van der Waals surface area contributed by atoms with Crippen LogP contribution in [0.4, 0.5) is 4.79 Å². The molecule has 3 aliphatic rings. The third kappa shape index (κ3) is 3.52. The van der Waals surface area contributed by atoms with Gasteiger partial charge in [-0.2, -0.15) is 0 Å². The van der Waals surface area contributed by atoms with Crippen molar-refractivity contribution in [3.63, 3.8) is 0 Å². The number of aliphatic hydroxyl groups excluding tert-OH is 1. The van der Waals surface area contributed by atoms with Crippen LogP contribution in [0.5, 0.6) is 0 Å². The molecule has 3 N–H and O–H groups in total. The summed E-state index contributed by atoms with van der Waals surface area (Å²) < 4.78 is 0. The summed E-state index contributed by atoms with van der Waals surface area (Å²) in [6.07, 6.45) is 6.98. The molecule has 3 rings (SSSR count). The minimum absolute atomic E-state index is 0.0514. The molecule has 4 amide bonds. The number of nitrogens with one attached hydrogen (secondary N) is 2. The Bertz CT molecular complexity index is 542. The number of rotatable bonds is 5. The van der Waals surface area contributed by atoms with Crippen molar-refractivity contribution < 1.29 is 19.5 Å². The van der Waals surface area contributed by atoms with E-state index in [9.17, 15) is 19.5 Å². The zero-order valence-electron chi connectivity index (χ0n) is 14.9. The smallest absolute Gasteiger partial charge is 0.325 e. The molecule has 2 atom stereocenters. The average molecular weight is 351 g/mol. The summed E-state index contributed by atoms with van der Waals surface area (Å²) in [5.41, 5.74) is -0.802. The summed E-state index contributed by atoms with van der Waals surface area (Å²) in [7, 11) is 0. The Kier molecular flexibility index (Phi) is 5.32. The molecule has 0 aromatic heterocycles. The maximum absolute atomic E-state index is 12.8. The number of imide groups is 1. The molecule has 2 saturated carbocycles. The highest BCUT2D eigenvalue weighted by Gasteiger charge is 2.52. The second-order valence-electron chi connectivity index (χ2n) is 7.80. The predicted molar refractivity (Wildman–Crippen MR) is 91.6 cm³/mol. The van der Waals surface area contributed by atoms with Crippen LogP contribution in [0.2, 0.25) is 0 Å². The van der Waals surface area contributed by atoms with Crippen LogP contribution in [0.1, 0.15) is 58.3 Å². The first-order valence-corrected chi connectivity index (χ1v) is 9.53. The van der Waals surface area contributed by atoms with E-state index in [4.69, 9.17) is 0 Å². The lowest BCUT2D eigenvalue weighted by molar-refractivity contribution is -0.136. The second kappa shape index (κ2) is 7.32. The molecule has 7 heteroatoms. The SMILES string of the molecule is CCC1CCC2(CC1)NC(=O)N(CC(=O)N[C@@H]1CCC[C@@H]1CO)C2=O. The van der Waals surface area contributed by atoms with Gasteiger partial charge in [0.2, 0.25) is 5.91 Å². The Morgan fingerprint density at radius 2 is 2.00 bits per heavy atom. The van der Waals surface area contributed by atoms with Crippen molar-refractivity contribution >= 4 is 17.8 Å². The van der Waals surface area contributed by atoms with E-state index >= 15 is 0 Å². The number of urea groups is 1. The second-order valence-corrected chi connectivity index (χ2v) is 7.80. The monoisotopic (exact) mass is 351 g/mol. The lowest BCUT2D eigenvalue weighted by Crippen LogP contribution is -2.50. The van der Waals surface area contributed by atoms with Gasteiger partial charge >= 0.3 is 6.03 Å². The first-order valence-electron chi connectivity index (χ1n) is 9.53. The van der Waals surface area contributed by atoms with Crippen LogP contribution >= 0.6 is 0 Å². The van der Waals surface area contributed by atoms with Gasteiger partial charge in [0.1, 0.15) is 12.1 Å². The molecule has 0 aromatic carbocycles. The summed E-state index contributed by atoms with van der Waals surface area (Å²) >= 11 is 0. The number of carbonyl (C=O) groups is 3. The van der Waals surface area contributed by atoms with Crippen molar-refractivity contribution in [1.82, 2.24) is 15.5 Å². The quantitative estimate of drug-likeness (QED) is 0.647. The van der Waals surface area contributed by atoms with Gasteiger partial charge in [0.25, 0.3) is 5.91 Å². The summed E-state index contributed by atoms with van der Waals surface area (Å²) in [6.45, 7) is 1.96.